The van der Waals surface area contributed by atoms with E-state index in [9.17, 15) is 4.57 Å². The van der Waals surface area contributed by atoms with Crippen LogP contribution in [0.3, 0.4) is 0 Å². The molecule has 6 nitrogen and oxygen atoms in total. The van der Waals surface area contributed by atoms with Crippen LogP contribution in [-0.2, 0) is 4.57 Å². The van der Waals surface area contributed by atoms with Gasteiger partial charge in [0.05, 0.1) is 19.7 Å². The molecule has 32 heavy (non-hydrogen) atoms. The van der Waals surface area contributed by atoms with Crippen molar-refractivity contribution in [3.05, 3.63) is 0 Å². The number of nitrogens with one attached hydrogen (secondary N) is 4. The van der Waals surface area contributed by atoms with Gasteiger partial charge in [0.1, 0.15) is 0 Å². The van der Waals surface area contributed by atoms with Crippen LogP contribution in [0.15, 0.2) is 0 Å². The molecule has 0 spiro atoms. The third kappa shape index (κ3) is 22.3. The van der Waals surface area contributed by atoms with Gasteiger partial charge in [0, 0.05) is 25.9 Å². The molecule has 0 radical (unpaired) electrons. The number of hydrogen-bond acceptors (Lipinski definition) is 3. The minimum atomic E-state index is -2.95. The molecule has 0 rings (SSSR count). The molecule has 0 fully saturated rings. The van der Waals surface area contributed by atoms with Gasteiger partial charge in [0.2, 0.25) is 0 Å². The molecular formula is C25H49N4O2P. The average molecular weight is 469 g/mol. The van der Waals surface area contributed by atoms with Crippen LogP contribution < -0.4 is 20.6 Å². The highest BCUT2D eigenvalue weighted by atomic mass is 31.2. The van der Waals surface area contributed by atoms with Crippen molar-refractivity contribution in [2.24, 2.45) is 0 Å². The van der Waals surface area contributed by atoms with Gasteiger partial charge in [-0.25, -0.2) is 15.3 Å². The summed E-state index contributed by atoms with van der Waals surface area (Å²) in [5.41, 5.74) is 0. The van der Waals surface area contributed by atoms with E-state index >= 15 is 0 Å². The third-order valence-electron chi connectivity index (χ3n) is 4.99. The predicted molar refractivity (Wildman–Crippen MR) is 138 cm³/mol. The monoisotopic (exact) mass is 468 g/mol. The maximum atomic E-state index is 13.2. The first-order chi connectivity index (χ1) is 15.7. The van der Waals surface area contributed by atoms with E-state index in [1.165, 1.54) is 51.4 Å². The Morgan fingerprint density at radius 3 is 1.66 bits per heavy atom. The summed E-state index contributed by atoms with van der Waals surface area (Å²) in [5.74, 6) is 12.6. The van der Waals surface area contributed by atoms with Crippen LogP contribution in [0.25, 0.3) is 0 Å². The Balaban J connectivity index is 4.29. The molecule has 0 unspecified atom stereocenters. The summed E-state index contributed by atoms with van der Waals surface area (Å²) in [7, 11) is -2.95. The Morgan fingerprint density at radius 2 is 1.16 bits per heavy atom. The van der Waals surface area contributed by atoms with E-state index in [1.807, 2.05) is 0 Å². The van der Waals surface area contributed by atoms with Crippen LogP contribution >= 0.6 is 7.59 Å². The van der Waals surface area contributed by atoms with Crippen molar-refractivity contribution < 1.29 is 9.67 Å². The Hall–Kier alpha value is -0.850. The molecule has 0 aliphatic rings. The zero-order chi connectivity index (χ0) is 23.6. The first kappa shape index (κ1) is 31.1. The van der Waals surface area contributed by atoms with Gasteiger partial charge < -0.3 is 10.4 Å². The van der Waals surface area contributed by atoms with Gasteiger partial charge in [-0.2, -0.15) is 0 Å². The van der Waals surface area contributed by atoms with E-state index in [0.29, 0.717) is 26.2 Å². The topological polar surface area (TPSA) is 85.4 Å². The number of aliphatic hydroxyl groups excluding tert-OH is 1. The van der Waals surface area contributed by atoms with Crippen molar-refractivity contribution in [3.8, 4) is 23.7 Å². The van der Waals surface area contributed by atoms with Crippen LogP contribution in [0, 0.1) is 23.7 Å². The van der Waals surface area contributed by atoms with E-state index in [1.54, 1.807) is 0 Å². The molecule has 0 saturated carbocycles. The van der Waals surface area contributed by atoms with Crippen molar-refractivity contribution in [2.75, 3.05) is 39.3 Å². The van der Waals surface area contributed by atoms with Crippen molar-refractivity contribution in [1.82, 2.24) is 20.6 Å². The average Bonchev–Trinajstić information content (AvgIpc) is 2.79. The molecule has 0 bridgehead atoms. The molecule has 0 heterocycles. The number of hydrogen-bond donors (Lipinski definition) is 5. The van der Waals surface area contributed by atoms with Gasteiger partial charge in [0.25, 0.3) is 7.59 Å². The van der Waals surface area contributed by atoms with Crippen molar-refractivity contribution in [2.45, 2.75) is 97.3 Å². The fraction of sp³-hybridized carbons (Fsp3) is 0.840. The summed E-state index contributed by atoms with van der Waals surface area (Å²) in [5, 5.41) is 21.2. The van der Waals surface area contributed by atoms with Gasteiger partial charge in [-0.1, -0.05) is 77.1 Å². The van der Waals surface area contributed by atoms with Gasteiger partial charge in [-0.3, -0.25) is 4.57 Å². The molecule has 0 aliphatic carbocycles. The highest BCUT2D eigenvalue weighted by Gasteiger charge is 2.18. The fourth-order valence-corrected chi connectivity index (χ4v) is 4.47. The second kappa shape index (κ2) is 24.8. The van der Waals surface area contributed by atoms with Crippen molar-refractivity contribution in [1.29, 1.82) is 0 Å². The zero-order valence-electron chi connectivity index (χ0n) is 20.7. The zero-order valence-corrected chi connectivity index (χ0v) is 21.6. The van der Waals surface area contributed by atoms with Crippen LogP contribution in [-0.4, -0.2) is 44.4 Å². The van der Waals surface area contributed by atoms with Crippen LogP contribution in [0.5, 0.6) is 0 Å². The molecule has 5 N–H and O–H groups in total. The summed E-state index contributed by atoms with van der Waals surface area (Å²) in [6.07, 6.45) is 15.0. The SMILES string of the molecule is CCCCCCCC#CCNP(=O)(NCC#CCCCCCCC)NCCCNCCO. The van der Waals surface area contributed by atoms with Crippen molar-refractivity contribution in [3.63, 3.8) is 0 Å². The van der Waals surface area contributed by atoms with Gasteiger partial charge >= 0.3 is 0 Å². The quantitative estimate of drug-likeness (QED) is 0.0965. The van der Waals surface area contributed by atoms with Gasteiger partial charge in [0.15, 0.2) is 0 Å². The second-order valence-corrected chi connectivity index (χ2v) is 10.2. The lowest BCUT2D eigenvalue weighted by Crippen LogP contribution is -2.34. The smallest absolute Gasteiger partial charge is 0.280 e. The summed E-state index contributed by atoms with van der Waals surface area (Å²) in [6, 6.07) is 0. The predicted octanol–water partition coefficient (Wildman–Crippen LogP) is 4.56. The molecule has 186 valence electrons. The molecule has 0 aromatic carbocycles. The first-order valence-corrected chi connectivity index (χ1v) is 14.5. The highest BCUT2D eigenvalue weighted by Crippen LogP contribution is 2.29. The van der Waals surface area contributed by atoms with Crippen LogP contribution in [0.4, 0.5) is 0 Å². The second-order valence-electron chi connectivity index (χ2n) is 8.05. The summed E-state index contributed by atoms with van der Waals surface area (Å²) in [4.78, 5) is 0. The molecule has 0 amide bonds. The standard InChI is InChI=1S/C25H49N4O2P/c1-3-5-7-9-11-13-15-17-21-27-32(31,29-23-19-20-26-24-25-30)28-22-18-16-14-12-10-8-6-4-2/h26,30H,3-14,19-25H2,1-2H3,(H3,27,28,29,31). The summed E-state index contributed by atoms with van der Waals surface area (Å²) >= 11 is 0. The van der Waals surface area contributed by atoms with Gasteiger partial charge in [-0.15, -0.1) is 11.8 Å². The normalized spacial score (nSPS) is 11.0. The Morgan fingerprint density at radius 1 is 0.625 bits per heavy atom. The van der Waals surface area contributed by atoms with Crippen molar-refractivity contribution >= 4 is 7.59 Å². The van der Waals surface area contributed by atoms with E-state index < -0.39 is 7.59 Å². The van der Waals surface area contributed by atoms with Crippen LogP contribution in [0.1, 0.15) is 97.3 Å². The summed E-state index contributed by atoms with van der Waals surface area (Å²) < 4.78 is 13.2. The number of rotatable bonds is 21. The number of unbranched alkanes of at least 4 members (excludes halogenated alkanes) is 10. The highest BCUT2D eigenvalue weighted by molar-refractivity contribution is 7.57. The maximum Gasteiger partial charge on any atom is 0.280 e. The largest absolute Gasteiger partial charge is 0.395 e. The molecule has 7 heteroatoms. The molecule has 0 aliphatic heterocycles. The molecule has 0 saturated heterocycles. The minimum absolute atomic E-state index is 0.129. The lowest BCUT2D eigenvalue weighted by atomic mass is 10.1. The first-order valence-electron chi connectivity index (χ1n) is 12.8. The Bertz CT molecular complexity index is 538. The maximum absolute atomic E-state index is 13.2. The minimum Gasteiger partial charge on any atom is -0.395 e. The summed E-state index contributed by atoms with van der Waals surface area (Å²) in [6.45, 7) is 7.30. The number of aliphatic hydroxyl groups is 1. The molecule has 0 atom stereocenters. The third-order valence-corrected chi connectivity index (χ3v) is 6.87. The lowest BCUT2D eigenvalue weighted by molar-refractivity contribution is 0.292. The molecule has 0 aromatic heterocycles. The van der Waals surface area contributed by atoms with Crippen LogP contribution in [0.2, 0.25) is 0 Å². The molecular weight excluding hydrogens is 419 g/mol. The molecule has 0 aromatic rings. The van der Waals surface area contributed by atoms with E-state index in [0.717, 1.165) is 38.6 Å². The Labute approximate surface area is 198 Å². The Kier molecular flexibility index (Phi) is 24.1. The van der Waals surface area contributed by atoms with E-state index in [2.05, 4.69) is 58.1 Å². The fourth-order valence-electron chi connectivity index (χ4n) is 3.06. The van der Waals surface area contributed by atoms with Gasteiger partial charge in [-0.05, 0) is 25.8 Å². The van der Waals surface area contributed by atoms with E-state index in [4.69, 9.17) is 5.11 Å². The van der Waals surface area contributed by atoms with E-state index in [-0.39, 0.29) is 6.61 Å². The lowest BCUT2D eigenvalue weighted by Gasteiger charge is -2.19.